The van der Waals surface area contributed by atoms with Gasteiger partial charge in [-0.1, -0.05) is 13.0 Å². The molecule has 1 aromatic heterocycles. The zero-order chi connectivity index (χ0) is 8.55. The maximum absolute atomic E-state index is 3.21. The first-order valence-corrected chi connectivity index (χ1v) is 4.38. The predicted octanol–water partition coefficient (Wildman–Crippen LogP) is 3.04. The van der Waals surface area contributed by atoms with E-state index in [9.17, 15) is 0 Å². The number of H-pyrrole nitrogens is 1. The van der Waals surface area contributed by atoms with Gasteiger partial charge in [0.2, 0.25) is 0 Å². The van der Waals surface area contributed by atoms with Crippen molar-refractivity contribution >= 4 is 10.9 Å². The molecule has 0 bridgehead atoms. The number of aromatic nitrogens is 1. The van der Waals surface area contributed by atoms with Crippen molar-refractivity contribution < 1.29 is 0 Å². The summed E-state index contributed by atoms with van der Waals surface area (Å²) < 4.78 is 0. The molecule has 0 saturated carbocycles. The summed E-state index contributed by atoms with van der Waals surface area (Å²) in [6, 6.07) is 6.50. The maximum Gasteiger partial charge on any atom is 0.0456 e. The van der Waals surface area contributed by atoms with Crippen LogP contribution in [-0.4, -0.2) is 4.98 Å². The fourth-order valence-corrected chi connectivity index (χ4v) is 1.71. The van der Waals surface area contributed by atoms with Crippen molar-refractivity contribution in [3.05, 3.63) is 35.5 Å². The molecule has 0 atom stereocenters. The van der Waals surface area contributed by atoms with Crippen LogP contribution in [0.5, 0.6) is 0 Å². The van der Waals surface area contributed by atoms with Crippen LogP contribution in [0.2, 0.25) is 0 Å². The molecule has 0 saturated heterocycles. The molecule has 2 aromatic rings. The molecule has 0 aliphatic carbocycles. The smallest absolute Gasteiger partial charge is 0.0456 e. The van der Waals surface area contributed by atoms with Gasteiger partial charge in [-0.25, -0.2) is 0 Å². The van der Waals surface area contributed by atoms with Crippen LogP contribution in [0.15, 0.2) is 24.4 Å². The van der Waals surface area contributed by atoms with E-state index in [0.717, 1.165) is 6.42 Å². The van der Waals surface area contributed by atoms with E-state index in [-0.39, 0.29) is 0 Å². The monoisotopic (exact) mass is 159 g/mol. The first kappa shape index (κ1) is 7.41. The zero-order valence-corrected chi connectivity index (χ0v) is 7.52. The molecule has 1 heterocycles. The van der Waals surface area contributed by atoms with Gasteiger partial charge in [-0.2, -0.15) is 0 Å². The van der Waals surface area contributed by atoms with Crippen LogP contribution in [0.3, 0.4) is 0 Å². The molecule has 0 radical (unpaired) electrons. The number of rotatable bonds is 1. The van der Waals surface area contributed by atoms with Gasteiger partial charge in [0, 0.05) is 17.1 Å². The molecule has 2 rings (SSSR count). The second kappa shape index (κ2) is 2.67. The summed E-state index contributed by atoms with van der Waals surface area (Å²) in [5, 5.41) is 1.36. The van der Waals surface area contributed by atoms with Crippen LogP contribution < -0.4 is 0 Å². The van der Waals surface area contributed by atoms with Crippen molar-refractivity contribution in [3.8, 4) is 0 Å². The summed E-state index contributed by atoms with van der Waals surface area (Å²) >= 11 is 0. The normalized spacial score (nSPS) is 10.8. The number of aromatic amines is 1. The summed E-state index contributed by atoms with van der Waals surface area (Å²) in [5.41, 5.74) is 4.10. The van der Waals surface area contributed by atoms with Crippen LogP contribution in [-0.2, 0) is 6.42 Å². The minimum Gasteiger partial charge on any atom is -0.361 e. The molecule has 0 fully saturated rings. The number of nitrogens with one attached hydrogen (secondary N) is 1. The summed E-state index contributed by atoms with van der Waals surface area (Å²) in [6.07, 6.45) is 3.12. The van der Waals surface area contributed by atoms with Gasteiger partial charge in [0.25, 0.3) is 0 Å². The number of hydrogen-bond acceptors (Lipinski definition) is 0. The van der Waals surface area contributed by atoms with Crippen molar-refractivity contribution in [2.75, 3.05) is 0 Å². The van der Waals surface area contributed by atoms with E-state index >= 15 is 0 Å². The van der Waals surface area contributed by atoms with E-state index in [1.165, 1.54) is 22.0 Å². The van der Waals surface area contributed by atoms with Crippen LogP contribution >= 0.6 is 0 Å². The summed E-state index contributed by atoms with van der Waals surface area (Å²) in [4.78, 5) is 3.21. The molecule has 1 nitrogen and oxygen atoms in total. The standard InChI is InChI=1S/C11H13N/c1-3-9-4-5-11-10(8(9)2)6-7-12-11/h4-7,12H,3H2,1-2H3. The Kier molecular flexibility index (Phi) is 1.65. The largest absolute Gasteiger partial charge is 0.361 e. The van der Waals surface area contributed by atoms with Gasteiger partial charge < -0.3 is 4.98 Å². The lowest BCUT2D eigenvalue weighted by Crippen LogP contribution is -1.85. The Hall–Kier alpha value is -1.24. The van der Waals surface area contributed by atoms with Crippen LogP contribution in [0.4, 0.5) is 0 Å². The van der Waals surface area contributed by atoms with Crippen molar-refractivity contribution in [1.29, 1.82) is 0 Å². The molecular weight excluding hydrogens is 146 g/mol. The Bertz CT molecular complexity index is 398. The molecule has 0 amide bonds. The van der Waals surface area contributed by atoms with Gasteiger partial charge in [-0.3, -0.25) is 0 Å². The maximum atomic E-state index is 3.21. The predicted molar refractivity (Wildman–Crippen MR) is 52.4 cm³/mol. The van der Waals surface area contributed by atoms with E-state index in [1.54, 1.807) is 0 Å². The quantitative estimate of drug-likeness (QED) is 0.658. The van der Waals surface area contributed by atoms with Crippen molar-refractivity contribution in [3.63, 3.8) is 0 Å². The Morgan fingerprint density at radius 3 is 2.83 bits per heavy atom. The molecule has 1 aromatic carbocycles. The molecule has 12 heavy (non-hydrogen) atoms. The highest BCUT2D eigenvalue weighted by Gasteiger charge is 2.01. The van der Waals surface area contributed by atoms with Crippen molar-refractivity contribution in [1.82, 2.24) is 4.98 Å². The Balaban J connectivity index is 2.78. The fraction of sp³-hybridized carbons (Fsp3) is 0.273. The highest BCUT2D eigenvalue weighted by atomic mass is 14.7. The Morgan fingerprint density at radius 2 is 2.08 bits per heavy atom. The summed E-state index contributed by atoms with van der Waals surface area (Å²) in [7, 11) is 0. The topological polar surface area (TPSA) is 15.8 Å². The van der Waals surface area contributed by atoms with Crippen LogP contribution in [0.25, 0.3) is 10.9 Å². The molecule has 1 N–H and O–H groups in total. The third-order valence-corrected chi connectivity index (χ3v) is 2.50. The second-order valence-electron chi connectivity index (χ2n) is 3.14. The molecule has 62 valence electrons. The van der Waals surface area contributed by atoms with E-state index in [0.29, 0.717) is 0 Å². The zero-order valence-electron chi connectivity index (χ0n) is 7.52. The van der Waals surface area contributed by atoms with Gasteiger partial charge in [0.05, 0.1) is 0 Å². The SMILES string of the molecule is CCc1ccc2[nH]ccc2c1C. The molecule has 0 spiro atoms. The van der Waals surface area contributed by atoms with Gasteiger partial charge in [-0.15, -0.1) is 0 Å². The second-order valence-corrected chi connectivity index (χ2v) is 3.14. The summed E-state index contributed by atoms with van der Waals surface area (Å²) in [5.74, 6) is 0. The lowest BCUT2D eigenvalue weighted by atomic mass is 10.0. The van der Waals surface area contributed by atoms with E-state index < -0.39 is 0 Å². The van der Waals surface area contributed by atoms with Gasteiger partial charge >= 0.3 is 0 Å². The van der Waals surface area contributed by atoms with Crippen LogP contribution in [0.1, 0.15) is 18.1 Å². The lowest BCUT2D eigenvalue weighted by molar-refractivity contribution is 1.12. The molecule has 0 aliphatic heterocycles. The minimum absolute atomic E-state index is 1.12. The Labute approximate surface area is 72.4 Å². The number of aryl methyl sites for hydroxylation is 2. The van der Waals surface area contributed by atoms with Crippen LogP contribution in [0, 0.1) is 6.92 Å². The van der Waals surface area contributed by atoms with Gasteiger partial charge in [0.15, 0.2) is 0 Å². The third kappa shape index (κ3) is 0.934. The van der Waals surface area contributed by atoms with E-state index in [1.807, 2.05) is 6.20 Å². The fourth-order valence-electron chi connectivity index (χ4n) is 1.71. The third-order valence-electron chi connectivity index (χ3n) is 2.50. The number of fused-ring (bicyclic) bond motifs is 1. The van der Waals surface area contributed by atoms with E-state index in [4.69, 9.17) is 0 Å². The van der Waals surface area contributed by atoms with E-state index in [2.05, 4.69) is 37.0 Å². The molecule has 0 aliphatic rings. The number of hydrogen-bond donors (Lipinski definition) is 1. The first-order valence-electron chi connectivity index (χ1n) is 4.38. The number of benzene rings is 1. The summed E-state index contributed by atoms with van der Waals surface area (Å²) in [6.45, 7) is 4.38. The Morgan fingerprint density at radius 1 is 1.25 bits per heavy atom. The van der Waals surface area contributed by atoms with Crippen molar-refractivity contribution in [2.45, 2.75) is 20.3 Å². The van der Waals surface area contributed by atoms with Crippen molar-refractivity contribution in [2.24, 2.45) is 0 Å². The molecule has 1 heteroatoms. The molecule has 0 unspecified atom stereocenters. The lowest BCUT2D eigenvalue weighted by Gasteiger charge is -2.03. The first-order chi connectivity index (χ1) is 5.83. The minimum atomic E-state index is 1.12. The average Bonchev–Trinajstić information content (AvgIpc) is 2.53. The van der Waals surface area contributed by atoms with Gasteiger partial charge in [-0.05, 0) is 36.6 Å². The van der Waals surface area contributed by atoms with Gasteiger partial charge in [0.1, 0.15) is 0 Å². The highest BCUT2D eigenvalue weighted by Crippen LogP contribution is 2.20. The highest BCUT2D eigenvalue weighted by molar-refractivity contribution is 5.83. The molecular formula is C11H13N. The average molecular weight is 159 g/mol.